The van der Waals surface area contributed by atoms with Crippen molar-refractivity contribution < 1.29 is 4.42 Å². The standard InChI is InChI=1S/C17H31N5O.HI/c1-12(22(6)13-7-8-13)9-20-16(18-5)21-11-15-19-10-14(23-15)17(2,3)4;/h10,12-13H,7-9,11H2,1-6H3,(H2,18,20,21);1H. The quantitative estimate of drug-likeness (QED) is 0.397. The van der Waals surface area contributed by atoms with Gasteiger partial charge in [-0.3, -0.25) is 9.89 Å². The molecule has 1 aliphatic rings. The van der Waals surface area contributed by atoms with Gasteiger partial charge in [0, 0.05) is 31.1 Å². The summed E-state index contributed by atoms with van der Waals surface area (Å²) in [4.78, 5) is 11.0. The van der Waals surface area contributed by atoms with E-state index in [1.54, 1.807) is 13.2 Å². The first-order valence-corrected chi connectivity index (χ1v) is 8.43. The van der Waals surface area contributed by atoms with Crippen molar-refractivity contribution in [1.29, 1.82) is 0 Å². The Hall–Kier alpha value is -0.830. The minimum Gasteiger partial charge on any atom is -0.443 e. The van der Waals surface area contributed by atoms with Gasteiger partial charge in [0.25, 0.3) is 0 Å². The van der Waals surface area contributed by atoms with Gasteiger partial charge in [0.15, 0.2) is 5.96 Å². The first-order valence-electron chi connectivity index (χ1n) is 8.43. The number of rotatable bonds is 6. The van der Waals surface area contributed by atoms with Gasteiger partial charge < -0.3 is 15.1 Å². The van der Waals surface area contributed by atoms with E-state index in [2.05, 4.69) is 60.3 Å². The molecule has 0 radical (unpaired) electrons. The zero-order valence-electron chi connectivity index (χ0n) is 15.7. The van der Waals surface area contributed by atoms with Crippen molar-refractivity contribution in [3.63, 3.8) is 0 Å². The summed E-state index contributed by atoms with van der Waals surface area (Å²) in [5, 5.41) is 6.62. The molecule has 6 nitrogen and oxygen atoms in total. The van der Waals surface area contributed by atoms with E-state index < -0.39 is 0 Å². The maximum Gasteiger partial charge on any atom is 0.213 e. The molecule has 138 valence electrons. The Bertz CT molecular complexity index is 533. The molecule has 1 heterocycles. The summed E-state index contributed by atoms with van der Waals surface area (Å²) in [6.07, 6.45) is 4.46. The van der Waals surface area contributed by atoms with Crippen molar-refractivity contribution in [2.75, 3.05) is 20.6 Å². The van der Waals surface area contributed by atoms with Crippen molar-refractivity contribution in [1.82, 2.24) is 20.5 Å². The van der Waals surface area contributed by atoms with Crippen molar-refractivity contribution in [3.05, 3.63) is 17.8 Å². The van der Waals surface area contributed by atoms with Crippen molar-refractivity contribution in [2.24, 2.45) is 4.99 Å². The highest BCUT2D eigenvalue weighted by Gasteiger charge is 2.29. The number of nitrogens with zero attached hydrogens (tertiary/aromatic N) is 3. The van der Waals surface area contributed by atoms with Crippen LogP contribution in [0.15, 0.2) is 15.6 Å². The summed E-state index contributed by atoms with van der Waals surface area (Å²) in [5.74, 6) is 2.36. The molecule has 1 saturated carbocycles. The van der Waals surface area contributed by atoms with Gasteiger partial charge in [-0.25, -0.2) is 4.98 Å². The Labute approximate surface area is 162 Å². The van der Waals surface area contributed by atoms with Gasteiger partial charge in [-0.05, 0) is 26.8 Å². The fourth-order valence-electron chi connectivity index (χ4n) is 2.35. The van der Waals surface area contributed by atoms with Crippen LogP contribution in [0.2, 0.25) is 0 Å². The van der Waals surface area contributed by atoms with Gasteiger partial charge in [0.1, 0.15) is 5.76 Å². The van der Waals surface area contributed by atoms with Gasteiger partial charge in [0.05, 0.1) is 12.7 Å². The molecule has 0 saturated heterocycles. The number of aromatic nitrogens is 1. The van der Waals surface area contributed by atoms with Crippen LogP contribution in [0.25, 0.3) is 0 Å². The number of halogens is 1. The van der Waals surface area contributed by atoms with Crippen LogP contribution in [0, 0.1) is 0 Å². The summed E-state index contributed by atoms with van der Waals surface area (Å²) < 4.78 is 5.78. The number of guanidine groups is 1. The Morgan fingerprint density at radius 2 is 2.08 bits per heavy atom. The largest absolute Gasteiger partial charge is 0.443 e. The van der Waals surface area contributed by atoms with Crippen molar-refractivity contribution in [2.45, 2.75) is 64.6 Å². The number of hydrogen-bond acceptors (Lipinski definition) is 4. The van der Waals surface area contributed by atoms with E-state index in [-0.39, 0.29) is 29.4 Å². The Morgan fingerprint density at radius 1 is 1.42 bits per heavy atom. The number of hydrogen-bond donors (Lipinski definition) is 2. The number of oxazole rings is 1. The van der Waals surface area contributed by atoms with E-state index in [4.69, 9.17) is 4.42 Å². The van der Waals surface area contributed by atoms with Gasteiger partial charge in [-0.2, -0.15) is 0 Å². The molecule has 1 aromatic rings. The van der Waals surface area contributed by atoms with Crippen LogP contribution in [-0.2, 0) is 12.0 Å². The molecule has 0 aromatic carbocycles. The number of likely N-dealkylation sites (N-methyl/N-ethyl adjacent to an activating group) is 1. The maximum absolute atomic E-state index is 5.78. The summed E-state index contributed by atoms with van der Waals surface area (Å²) in [7, 11) is 3.97. The molecule has 0 aliphatic heterocycles. The van der Waals surface area contributed by atoms with Crippen LogP contribution in [0.5, 0.6) is 0 Å². The summed E-state index contributed by atoms with van der Waals surface area (Å²) in [6.45, 7) is 9.98. The lowest BCUT2D eigenvalue weighted by Gasteiger charge is -2.25. The molecule has 1 fully saturated rings. The first kappa shape index (κ1) is 21.2. The number of nitrogens with one attached hydrogen (secondary N) is 2. The molecular formula is C17H32IN5O. The summed E-state index contributed by atoms with van der Waals surface area (Å²) in [6, 6.07) is 1.25. The van der Waals surface area contributed by atoms with Gasteiger partial charge in [-0.15, -0.1) is 24.0 Å². The van der Waals surface area contributed by atoms with Gasteiger partial charge in [0.2, 0.25) is 5.89 Å². The molecule has 2 N–H and O–H groups in total. The lowest BCUT2D eigenvalue weighted by molar-refractivity contribution is 0.247. The molecule has 1 aliphatic carbocycles. The summed E-state index contributed by atoms with van der Waals surface area (Å²) >= 11 is 0. The second-order valence-electron chi connectivity index (χ2n) is 7.42. The highest BCUT2D eigenvalue weighted by Crippen LogP contribution is 2.26. The van der Waals surface area contributed by atoms with Crippen LogP contribution >= 0.6 is 24.0 Å². The maximum atomic E-state index is 5.78. The predicted molar refractivity (Wildman–Crippen MR) is 109 cm³/mol. The SMILES string of the molecule is CN=C(NCc1ncc(C(C)(C)C)o1)NCC(C)N(C)C1CC1.I. The van der Waals surface area contributed by atoms with Crippen LogP contribution in [0.4, 0.5) is 0 Å². The molecule has 2 rings (SSSR count). The molecule has 1 unspecified atom stereocenters. The number of aliphatic imine (C=N–C) groups is 1. The molecule has 1 aromatic heterocycles. The lowest BCUT2D eigenvalue weighted by atomic mass is 9.94. The van der Waals surface area contributed by atoms with E-state index in [1.165, 1.54) is 12.8 Å². The minimum atomic E-state index is -0.0198. The van der Waals surface area contributed by atoms with Crippen LogP contribution < -0.4 is 10.6 Å². The second-order valence-corrected chi connectivity index (χ2v) is 7.42. The molecule has 0 bridgehead atoms. The molecule has 7 heteroatoms. The van der Waals surface area contributed by atoms with Crippen LogP contribution in [0.1, 0.15) is 52.2 Å². The third-order valence-corrected chi connectivity index (χ3v) is 4.31. The Kier molecular flexibility index (Phi) is 7.98. The second kappa shape index (κ2) is 9.03. The minimum absolute atomic E-state index is 0. The van der Waals surface area contributed by atoms with Crippen LogP contribution in [0.3, 0.4) is 0 Å². The van der Waals surface area contributed by atoms with E-state index in [1.807, 2.05) is 0 Å². The Balaban J connectivity index is 0.00000288. The topological polar surface area (TPSA) is 65.7 Å². The first-order chi connectivity index (χ1) is 10.8. The fourth-order valence-corrected chi connectivity index (χ4v) is 2.35. The van der Waals surface area contributed by atoms with E-state index in [0.29, 0.717) is 18.5 Å². The molecule has 1 atom stereocenters. The van der Waals surface area contributed by atoms with E-state index in [0.717, 1.165) is 24.3 Å². The normalized spacial score (nSPS) is 16.7. The zero-order chi connectivity index (χ0) is 17.0. The fraction of sp³-hybridized carbons (Fsp3) is 0.765. The third-order valence-electron chi connectivity index (χ3n) is 4.31. The summed E-state index contributed by atoms with van der Waals surface area (Å²) in [5.41, 5.74) is -0.0198. The highest BCUT2D eigenvalue weighted by molar-refractivity contribution is 14.0. The monoisotopic (exact) mass is 449 g/mol. The zero-order valence-corrected chi connectivity index (χ0v) is 18.0. The highest BCUT2D eigenvalue weighted by atomic mass is 127. The Morgan fingerprint density at radius 3 is 2.58 bits per heavy atom. The average Bonchev–Trinajstić information content (AvgIpc) is 3.23. The molecule has 0 spiro atoms. The molecular weight excluding hydrogens is 417 g/mol. The molecule has 0 amide bonds. The van der Waals surface area contributed by atoms with E-state index >= 15 is 0 Å². The third kappa shape index (κ3) is 6.23. The van der Waals surface area contributed by atoms with Crippen molar-refractivity contribution >= 4 is 29.9 Å². The average molecular weight is 449 g/mol. The van der Waals surface area contributed by atoms with Gasteiger partial charge in [-0.1, -0.05) is 20.8 Å². The predicted octanol–water partition coefficient (Wildman–Crippen LogP) is 2.74. The smallest absolute Gasteiger partial charge is 0.213 e. The van der Waals surface area contributed by atoms with Crippen molar-refractivity contribution in [3.8, 4) is 0 Å². The van der Waals surface area contributed by atoms with Crippen LogP contribution in [-0.4, -0.2) is 48.6 Å². The van der Waals surface area contributed by atoms with E-state index in [9.17, 15) is 0 Å². The lowest BCUT2D eigenvalue weighted by Crippen LogP contribution is -2.45. The van der Waals surface area contributed by atoms with Gasteiger partial charge >= 0.3 is 0 Å². The molecule has 24 heavy (non-hydrogen) atoms.